The summed E-state index contributed by atoms with van der Waals surface area (Å²) in [4.78, 5) is 21.8. The van der Waals surface area contributed by atoms with Crippen molar-refractivity contribution < 1.29 is 23.8 Å². The van der Waals surface area contributed by atoms with Gasteiger partial charge in [-0.2, -0.15) is 0 Å². The van der Waals surface area contributed by atoms with Crippen LogP contribution in [0.3, 0.4) is 0 Å². The van der Waals surface area contributed by atoms with Gasteiger partial charge in [0.25, 0.3) is 6.10 Å². The Bertz CT molecular complexity index is 220. The van der Waals surface area contributed by atoms with E-state index >= 15 is 0 Å². The zero-order valence-electron chi connectivity index (χ0n) is 7.12. The lowest BCUT2D eigenvalue weighted by Crippen LogP contribution is -2.29. The monoisotopic (exact) mass is 174 g/mol. The van der Waals surface area contributed by atoms with Crippen LogP contribution in [0, 0.1) is 0 Å². The summed E-state index contributed by atoms with van der Waals surface area (Å²) in [6.45, 7) is 3.10. The third-order valence-corrected chi connectivity index (χ3v) is 1.38. The highest BCUT2D eigenvalue weighted by Gasteiger charge is 2.45. The molecule has 68 valence electrons. The van der Waals surface area contributed by atoms with Gasteiger partial charge in [-0.25, -0.2) is 9.59 Å². The number of rotatable bonds is 1. The Kier molecular flexibility index (Phi) is 2.06. The van der Waals surface area contributed by atoms with E-state index in [-0.39, 0.29) is 0 Å². The molecule has 1 aliphatic heterocycles. The normalized spacial score (nSPS) is 26.6. The third-order valence-electron chi connectivity index (χ3n) is 1.38. The van der Waals surface area contributed by atoms with E-state index in [1.807, 2.05) is 0 Å². The van der Waals surface area contributed by atoms with Crippen LogP contribution < -0.4 is 0 Å². The fourth-order valence-corrected chi connectivity index (χ4v) is 0.903. The lowest BCUT2D eigenvalue weighted by atomic mass is 10.4. The SMILES string of the molecule is COC(=O)[C@H]1OC(C)(C)OC1=O. The molecule has 0 bridgehead atoms. The number of cyclic esters (lactones) is 1. The number of carbonyl (C=O) groups is 2. The quantitative estimate of drug-likeness (QED) is 0.408. The highest BCUT2D eigenvalue weighted by molar-refractivity contribution is 5.99. The summed E-state index contributed by atoms with van der Waals surface area (Å²) in [5.41, 5.74) is 0. The van der Waals surface area contributed by atoms with Gasteiger partial charge < -0.3 is 14.2 Å². The maximum atomic E-state index is 10.9. The van der Waals surface area contributed by atoms with Gasteiger partial charge in [-0.15, -0.1) is 0 Å². The van der Waals surface area contributed by atoms with Crippen molar-refractivity contribution in [2.75, 3.05) is 7.11 Å². The topological polar surface area (TPSA) is 61.8 Å². The van der Waals surface area contributed by atoms with E-state index in [0.717, 1.165) is 0 Å². The Morgan fingerprint density at radius 3 is 2.50 bits per heavy atom. The molecule has 0 aliphatic carbocycles. The van der Waals surface area contributed by atoms with E-state index in [9.17, 15) is 9.59 Å². The largest absolute Gasteiger partial charge is 0.467 e. The number of carbonyl (C=O) groups excluding carboxylic acids is 2. The van der Waals surface area contributed by atoms with Crippen LogP contribution in [0.2, 0.25) is 0 Å². The maximum absolute atomic E-state index is 10.9. The summed E-state index contributed by atoms with van der Waals surface area (Å²) in [5, 5.41) is 0. The molecule has 1 atom stereocenters. The van der Waals surface area contributed by atoms with Crippen molar-refractivity contribution in [3.8, 4) is 0 Å². The fraction of sp³-hybridized carbons (Fsp3) is 0.714. The molecule has 1 aliphatic rings. The Labute approximate surface area is 69.6 Å². The minimum atomic E-state index is -1.23. The fourth-order valence-electron chi connectivity index (χ4n) is 0.903. The second-order valence-corrected chi connectivity index (χ2v) is 2.84. The smallest absolute Gasteiger partial charge is 0.349 e. The molecule has 0 unspecified atom stereocenters. The Hall–Kier alpha value is -1.10. The molecule has 0 aromatic rings. The number of hydrogen-bond donors (Lipinski definition) is 0. The number of esters is 2. The molecule has 12 heavy (non-hydrogen) atoms. The van der Waals surface area contributed by atoms with Crippen LogP contribution in [0.25, 0.3) is 0 Å². The van der Waals surface area contributed by atoms with E-state index in [1.54, 1.807) is 13.8 Å². The molecule has 0 radical (unpaired) electrons. The van der Waals surface area contributed by atoms with Gasteiger partial charge in [0, 0.05) is 13.8 Å². The number of ether oxygens (including phenoxy) is 3. The van der Waals surface area contributed by atoms with Crippen LogP contribution in [0.15, 0.2) is 0 Å². The number of methoxy groups -OCH3 is 1. The highest BCUT2D eigenvalue weighted by Crippen LogP contribution is 2.23. The molecule has 1 heterocycles. The van der Waals surface area contributed by atoms with Crippen molar-refractivity contribution in [3.05, 3.63) is 0 Å². The first-order valence-corrected chi connectivity index (χ1v) is 3.45. The maximum Gasteiger partial charge on any atom is 0.349 e. The molecule has 0 spiro atoms. The van der Waals surface area contributed by atoms with Gasteiger partial charge in [-0.05, 0) is 0 Å². The van der Waals surface area contributed by atoms with Crippen LogP contribution in [0.4, 0.5) is 0 Å². The van der Waals surface area contributed by atoms with Crippen molar-refractivity contribution in [3.63, 3.8) is 0 Å². The first-order chi connectivity index (χ1) is 5.46. The second kappa shape index (κ2) is 2.75. The van der Waals surface area contributed by atoms with Crippen LogP contribution >= 0.6 is 0 Å². The van der Waals surface area contributed by atoms with E-state index in [2.05, 4.69) is 4.74 Å². The molecule has 5 heteroatoms. The van der Waals surface area contributed by atoms with E-state index in [4.69, 9.17) is 9.47 Å². The van der Waals surface area contributed by atoms with Gasteiger partial charge in [-0.3, -0.25) is 0 Å². The summed E-state index contributed by atoms with van der Waals surface area (Å²) in [7, 11) is 1.18. The first kappa shape index (κ1) is 8.99. The highest BCUT2D eigenvalue weighted by atomic mass is 16.8. The zero-order chi connectivity index (χ0) is 9.35. The van der Waals surface area contributed by atoms with Crippen LogP contribution in [0.5, 0.6) is 0 Å². The average Bonchev–Trinajstić information content (AvgIpc) is 2.23. The van der Waals surface area contributed by atoms with Crippen LogP contribution in [-0.4, -0.2) is 30.9 Å². The molecule has 1 fully saturated rings. The molecule has 0 aromatic heterocycles. The number of hydrogen-bond acceptors (Lipinski definition) is 5. The lowest BCUT2D eigenvalue weighted by Gasteiger charge is -2.14. The van der Waals surface area contributed by atoms with E-state index < -0.39 is 23.8 Å². The van der Waals surface area contributed by atoms with Crippen LogP contribution in [0.1, 0.15) is 13.8 Å². The summed E-state index contributed by atoms with van der Waals surface area (Å²) in [6, 6.07) is 0. The van der Waals surface area contributed by atoms with Crippen molar-refractivity contribution in [2.24, 2.45) is 0 Å². The Morgan fingerprint density at radius 1 is 1.58 bits per heavy atom. The van der Waals surface area contributed by atoms with Crippen molar-refractivity contribution in [2.45, 2.75) is 25.7 Å². The molecule has 0 saturated carbocycles. The molecule has 0 N–H and O–H groups in total. The average molecular weight is 174 g/mol. The van der Waals surface area contributed by atoms with Crippen molar-refractivity contribution in [1.82, 2.24) is 0 Å². The van der Waals surface area contributed by atoms with Gasteiger partial charge in [0.1, 0.15) is 0 Å². The molecular weight excluding hydrogens is 164 g/mol. The summed E-state index contributed by atoms with van der Waals surface area (Å²) >= 11 is 0. The molecule has 1 rings (SSSR count). The summed E-state index contributed by atoms with van der Waals surface area (Å²) < 4.78 is 14.0. The first-order valence-electron chi connectivity index (χ1n) is 3.45. The molecule has 5 nitrogen and oxygen atoms in total. The predicted molar refractivity (Wildman–Crippen MR) is 37.1 cm³/mol. The molecule has 0 aromatic carbocycles. The van der Waals surface area contributed by atoms with Crippen molar-refractivity contribution >= 4 is 11.9 Å². The van der Waals surface area contributed by atoms with Crippen molar-refractivity contribution in [1.29, 1.82) is 0 Å². The zero-order valence-corrected chi connectivity index (χ0v) is 7.12. The summed E-state index contributed by atoms with van der Waals surface area (Å²) in [6.07, 6.45) is -1.23. The standard InChI is InChI=1S/C7H10O5/c1-7(2)11-4(5(8)10-3)6(9)12-7/h4H,1-3H3/t4-/m1/s1. The molecular formula is C7H10O5. The molecule has 0 amide bonds. The minimum absolute atomic E-state index is 0.702. The minimum Gasteiger partial charge on any atom is -0.467 e. The summed E-state index contributed by atoms with van der Waals surface area (Å²) in [5.74, 6) is -2.46. The Balaban J connectivity index is 2.71. The van der Waals surface area contributed by atoms with Gasteiger partial charge in [0.2, 0.25) is 5.79 Å². The third kappa shape index (κ3) is 1.55. The Morgan fingerprint density at radius 2 is 2.17 bits per heavy atom. The predicted octanol–water partition coefficient (Wildman–Crippen LogP) is -0.163. The molecule has 1 saturated heterocycles. The van der Waals surface area contributed by atoms with E-state index in [1.165, 1.54) is 7.11 Å². The van der Waals surface area contributed by atoms with Gasteiger partial charge in [0.15, 0.2) is 0 Å². The van der Waals surface area contributed by atoms with Crippen LogP contribution in [-0.2, 0) is 23.8 Å². The second-order valence-electron chi connectivity index (χ2n) is 2.84. The lowest BCUT2D eigenvalue weighted by molar-refractivity contribution is -0.169. The van der Waals surface area contributed by atoms with Gasteiger partial charge in [0.05, 0.1) is 7.11 Å². The van der Waals surface area contributed by atoms with Gasteiger partial charge in [-0.1, -0.05) is 0 Å². The van der Waals surface area contributed by atoms with Gasteiger partial charge >= 0.3 is 11.9 Å². The van der Waals surface area contributed by atoms with E-state index in [0.29, 0.717) is 0 Å².